The Balaban J connectivity index is 1.85. The van der Waals surface area contributed by atoms with Crippen LogP contribution in [0.5, 0.6) is 0 Å². The molecule has 9 heteroatoms. The molecule has 0 amide bonds. The van der Waals surface area contributed by atoms with Gasteiger partial charge in [0.05, 0.1) is 13.2 Å². The van der Waals surface area contributed by atoms with Crippen molar-refractivity contribution in [2.45, 2.75) is 38.6 Å². The summed E-state index contributed by atoms with van der Waals surface area (Å²) in [5, 5.41) is 7.77. The summed E-state index contributed by atoms with van der Waals surface area (Å²) in [5.41, 5.74) is 0. The molecule has 3 rings (SSSR count). The van der Waals surface area contributed by atoms with Crippen molar-refractivity contribution in [3.05, 3.63) is 11.8 Å². The molecule has 0 spiro atoms. The molecule has 124 valence electrons. The Morgan fingerprint density at radius 3 is 2.45 bits per heavy atom. The molecule has 0 radical (unpaired) electrons. The van der Waals surface area contributed by atoms with Gasteiger partial charge in [-0.15, -0.1) is 10.2 Å². The minimum absolute atomic E-state index is 0.245. The van der Waals surface area contributed by atoms with Gasteiger partial charge in [0.2, 0.25) is 11.8 Å². The van der Waals surface area contributed by atoms with Crippen molar-refractivity contribution in [1.82, 2.24) is 18.8 Å². The van der Waals surface area contributed by atoms with Crippen LogP contribution < -0.4 is 0 Å². The molecule has 1 aromatic heterocycles. The summed E-state index contributed by atoms with van der Waals surface area (Å²) in [7, 11) is -3.54. The van der Waals surface area contributed by atoms with Gasteiger partial charge in [-0.2, -0.15) is 17.0 Å². The summed E-state index contributed by atoms with van der Waals surface area (Å²) in [6.45, 7) is 3.79. The number of morpholine rings is 1. The third kappa shape index (κ3) is 3.17. The predicted octanol–water partition coefficient (Wildman–Crippen LogP) is 0.872. The first kappa shape index (κ1) is 15.9. The maximum Gasteiger partial charge on any atom is 0.282 e. The maximum atomic E-state index is 13.0. The molecule has 0 saturated carbocycles. The number of ether oxygens (including phenoxy) is 1. The third-order valence-corrected chi connectivity index (χ3v) is 6.14. The quantitative estimate of drug-likeness (QED) is 0.817. The predicted molar refractivity (Wildman–Crippen MR) is 78.3 cm³/mol. The fourth-order valence-electron chi connectivity index (χ4n) is 2.93. The lowest BCUT2D eigenvalue weighted by atomic mass is 10.2. The van der Waals surface area contributed by atoms with Gasteiger partial charge in [0.25, 0.3) is 10.2 Å². The van der Waals surface area contributed by atoms with Crippen LogP contribution in [0.4, 0.5) is 0 Å². The van der Waals surface area contributed by atoms with Gasteiger partial charge in [0.15, 0.2) is 0 Å². The summed E-state index contributed by atoms with van der Waals surface area (Å²) >= 11 is 0. The van der Waals surface area contributed by atoms with Gasteiger partial charge >= 0.3 is 0 Å². The Kier molecular flexibility index (Phi) is 4.76. The van der Waals surface area contributed by atoms with Crippen LogP contribution in [0, 0.1) is 6.92 Å². The van der Waals surface area contributed by atoms with Crippen LogP contribution >= 0.6 is 0 Å². The van der Waals surface area contributed by atoms with E-state index in [1.165, 1.54) is 4.31 Å². The highest BCUT2D eigenvalue weighted by atomic mass is 32.2. The van der Waals surface area contributed by atoms with Crippen molar-refractivity contribution in [2.24, 2.45) is 0 Å². The second kappa shape index (κ2) is 6.61. The van der Waals surface area contributed by atoms with Crippen LogP contribution in [0.25, 0.3) is 0 Å². The van der Waals surface area contributed by atoms with Crippen molar-refractivity contribution in [1.29, 1.82) is 0 Å². The van der Waals surface area contributed by atoms with E-state index in [-0.39, 0.29) is 6.61 Å². The van der Waals surface area contributed by atoms with Gasteiger partial charge < -0.3 is 9.15 Å². The van der Waals surface area contributed by atoms with Gasteiger partial charge in [-0.25, -0.2) is 0 Å². The smallest absolute Gasteiger partial charge is 0.282 e. The van der Waals surface area contributed by atoms with Crippen molar-refractivity contribution in [2.75, 3.05) is 32.8 Å². The number of aromatic nitrogens is 2. The zero-order chi connectivity index (χ0) is 15.6. The van der Waals surface area contributed by atoms with Crippen LogP contribution in [-0.4, -0.2) is 60.1 Å². The molecule has 2 saturated heterocycles. The lowest BCUT2D eigenvalue weighted by Crippen LogP contribution is -2.50. The van der Waals surface area contributed by atoms with Crippen molar-refractivity contribution < 1.29 is 17.6 Å². The zero-order valence-corrected chi connectivity index (χ0v) is 13.6. The molecule has 0 unspecified atom stereocenters. The Morgan fingerprint density at radius 2 is 1.82 bits per heavy atom. The van der Waals surface area contributed by atoms with Crippen LogP contribution in [0.2, 0.25) is 0 Å². The standard InChI is InChI=1S/C13H22N4O4S/c1-11-14-15-13(21-11)12-10-20-9-8-17(12)22(18,19)16-6-4-2-3-5-7-16/h12H,2-10H2,1H3/t12-/m0/s1. The molecule has 2 aliphatic rings. The zero-order valence-electron chi connectivity index (χ0n) is 12.8. The number of aryl methyl sites for hydroxylation is 1. The van der Waals surface area contributed by atoms with Crippen molar-refractivity contribution in [3.63, 3.8) is 0 Å². The van der Waals surface area contributed by atoms with Crippen LogP contribution in [-0.2, 0) is 14.9 Å². The van der Waals surface area contributed by atoms with E-state index in [1.54, 1.807) is 11.2 Å². The minimum atomic E-state index is -3.54. The van der Waals surface area contributed by atoms with E-state index in [9.17, 15) is 8.42 Å². The Labute approximate surface area is 130 Å². The monoisotopic (exact) mass is 330 g/mol. The second-order valence-electron chi connectivity index (χ2n) is 5.68. The van der Waals surface area contributed by atoms with Gasteiger partial charge in [0.1, 0.15) is 6.04 Å². The van der Waals surface area contributed by atoms with E-state index in [1.807, 2.05) is 0 Å². The third-order valence-electron chi connectivity index (χ3n) is 4.09. The molecule has 3 heterocycles. The molecule has 8 nitrogen and oxygen atoms in total. The Bertz CT molecular complexity index is 595. The van der Waals surface area contributed by atoms with Crippen molar-refractivity contribution >= 4 is 10.2 Å². The van der Waals surface area contributed by atoms with E-state index in [4.69, 9.17) is 9.15 Å². The van der Waals surface area contributed by atoms with Gasteiger partial charge in [0, 0.05) is 26.6 Å². The molecule has 0 N–H and O–H groups in total. The first-order chi connectivity index (χ1) is 10.6. The molecule has 2 fully saturated rings. The van der Waals surface area contributed by atoms with Crippen LogP contribution in [0.3, 0.4) is 0 Å². The fraction of sp³-hybridized carbons (Fsp3) is 0.846. The minimum Gasteiger partial charge on any atom is -0.424 e. The van der Waals surface area contributed by atoms with Crippen molar-refractivity contribution in [3.8, 4) is 0 Å². The second-order valence-corrected chi connectivity index (χ2v) is 7.56. The highest BCUT2D eigenvalue weighted by molar-refractivity contribution is 7.86. The number of nitrogens with zero attached hydrogens (tertiary/aromatic N) is 4. The lowest BCUT2D eigenvalue weighted by Gasteiger charge is -2.35. The summed E-state index contributed by atoms with van der Waals surface area (Å²) in [6, 6.07) is -0.539. The molecule has 0 aromatic carbocycles. The number of rotatable bonds is 3. The van der Waals surface area contributed by atoms with Crippen LogP contribution in [0.15, 0.2) is 4.42 Å². The normalized spacial score (nSPS) is 26.0. The Morgan fingerprint density at radius 1 is 1.09 bits per heavy atom. The molecule has 22 heavy (non-hydrogen) atoms. The van der Waals surface area contributed by atoms with Gasteiger partial charge in [-0.05, 0) is 12.8 Å². The van der Waals surface area contributed by atoms with E-state index < -0.39 is 16.3 Å². The largest absolute Gasteiger partial charge is 0.424 e. The summed E-state index contributed by atoms with van der Waals surface area (Å²) in [6.07, 6.45) is 3.99. The van der Waals surface area contributed by atoms with Crippen LogP contribution in [0.1, 0.15) is 43.5 Å². The molecule has 0 aliphatic carbocycles. The molecular formula is C13H22N4O4S. The molecular weight excluding hydrogens is 308 g/mol. The van der Waals surface area contributed by atoms with E-state index >= 15 is 0 Å². The molecule has 0 bridgehead atoms. The molecule has 2 aliphatic heterocycles. The van der Waals surface area contributed by atoms with Gasteiger partial charge in [-0.3, -0.25) is 0 Å². The first-order valence-electron chi connectivity index (χ1n) is 7.74. The first-order valence-corrected chi connectivity index (χ1v) is 9.13. The fourth-order valence-corrected chi connectivity index (χ4v) is 4.72. The topological polar surface area (TPSA) is 88.8 Å². The molecule has 1 aromatic rings. The summed E-state index contributed by atoms with van der Waals surface area (Å²) in [4.78, 5) is 0. The Hall–Kier alpha value is -1.03. The van der Waals surface area contributed by atoms with Gasteiger partial charge in [-0.1, -0.05) is 12.8 Å². The maximum absolute atomic E-state index is 13.0. The summed E-state index contributed by atoms with van der Waals surface area (Å²) in [5.74, 6) is 0.725. The van der Waals surface area contributed by atoms with E-state index in [2.05, 4.69) is 10.2 Å². The molecule has 1 atom stereocenters. The SMILES string of the molecule is Cc1nnc([C@@H]2COCCN2S(=O)(=O)N2CCCCCC2)o1. The average Bonchev–Trinajstić information content (AvgIpc) is 2.77. The lowest BCUT2D eigenvalue weighted by molar-refractivity contribution is 0.0193. The van der Waals surface area contributed by atoms with E-state index in [0.717, 1.165) is 25.7 Å². The number of hydrogen-bond acceptors (Lipinski definition) is 6. The average molecular weight is 330 g/mol. The highest BCUT2D eigenvalue weighted by Gasteiger charge is 2.40. The highest BCUT2D eigenvalue weighted by Crippen LogP contribution is 2.28. The summed E-state index contributed by atoms with van der Waals surface area (Å²) < 4.78 is 39.9. The van der Waals surface area contributed by atoms with E-state index in [0.29, 0.717) is 38.0 Å². The number of hydrogen-bond donors (Lipinski definition) is 0.